The van der Waals surface area contributed by atoms with Crippen LogP contribution in [0.4, 0.5) is 8.78 Å². The molecule has 0 aliphatic carbocycles. The molecule has 7 heteroatoms. The fourth-order valence-corrected chi connectivity index (χ4v) is 1.98. The molecule has 1 aromatic heterocycles. The van der Waals surface area contributed by atoms with Gasteiger partial charge in [-0.15, -0.1) is 0 Å². The van der Waals surface area contributed by atoms with Gasteiger partial charge in [-0.05, 0) is 26.0 Å². The lowest BCUT2D eigenvalue weighted by Crippen LogP contribution is -2.21. The minimum atomic E-state index is -0.874. The van der Waals surface area contributed by atoms with Gasteiger partial charge in [0.15, 0.2) is 5.82 Å². The normalized spacial score (nSPS) is 10.7. The summed E-state index contributed by atoms with van der Waals surface area (Å²) in [5, 5.41) is 2.67. The maximum Gasteiger partial charge on any atom is 0.310 e. The lowest BCUT2D eigenvalue weighted by molar-refractivity contribution is -0.142. The molecule has 1 aromatic carbocycles. The Labute approximate surface area is 119 Å². The highest BCUT2D eigenvalue weighted by Gasteiger charge is 2.18. The van der Waals surface area contributed by atoms with Crippen LogP contribution in [0.5, 0.6) is 0 Å². The lowest BCUT2D eigenvalue weighted by Gasteiger charge is -2.03. The highest BCUT2D eigenvalue weighted by molar-refractivity contribution is 5.72. The molecule has 1 heterocycles. The van der Waals surface area contributed by atoms with Crippen molar-refractivity contribution in [1.82, 2.24) is 9.78 Å². The summed E-state index contributed by atoms with van der Waals surface area (Å²) in [6.45, 7) is 3.46. The van der Waals surface area contributed by atoms with Gasteiger partial charge in [-0.2, -0.15) is 0 Å². The van der Waals surface area contributed by atoms with Crippen molar-refractivity contribution in [3.8, 4) is 5.69 Å². The van der Waals surface area contributed by atoms with Gasteiger partial charge < -0.3 is 4.74 Å². The molecule has 2 aromatic rings. The second-order valence-corrected chi connectivity index (χ2v) is 4.43. The van der Waals surface area contributed by atoms with Gasteiger partial charge in [0, 0.05) is 11.8 Å². The van der Waals surface area contributed by atoms with Crippen LogP contribution in [-0.2, 0) is 16.0 Å². The Morgan fingerprint density at radius 3 is 2.71 bits per heavy atom. The van der Waals surface area contributed by atoms with E-state index in [0.29, 0.717) is 11.8 Å². The molecule has 0 fully saturated rings. The van der Waals surface area contributed by atoms with Gasteiger partial charge in [0.2, 0.25) is 0 Å². The van der Waals surface area contributed by atoms with Gasteiger partial charge in [0.1, 0.15) is 11.5 Å². The number of H-pyrrole nitrogens is 1. The van der Waals surface area contributed by atoms with E-state index < -0.39 is 23.2 Å². The molecule has 2 rings (SSSR count). The van der Waals surface area contributed by atoms with E-state index in [1.807, 2.05) is 0 Å². The third kappa shape index (κ3) is 3.01. The smallest absolute Gasteiger partial charge is 0.310 e. The number of benzene rings is 1. The molecule has 5 nitrogen and oxygen atoms in total. The molecule has 0 saturated heterocycles. The fourth-order valence-electron chi connectivity index (χ4n) is 1.98. The van der Waals surface area contributed by atoms with Crippen LogP contribution in [0, 0.1) is 18.6 Å². The number of halogens is 2. The number of hydrogen-bond donors (Lipinski definition) is 1. The van der Waals surface area contributed by atoms with Crippen LogP contribution in [0.25, 0.3) is 5.69 Å². The molecule has 0 saturated carbocycles. The molecule has 21 heavy (non-hydrogen) atoms. The highest BCUT2D eigenvalue weighted by Crippen LogP contribution is 2.14. The Morgan fingerprint density at radius 1 is 1.38 bits per heavy atom. The molecular formula is C14H14F2N2O3. The van der Waals surface area contributed by atoms with Crippen molar-refractivity contribution in [3.05, 3.63) is 51.4 Å². The van der Waals surface area contributed by atoms with E-state index in [-0.39, 0.29) is 24.3 Å². The summed E-state index contributed by atoms with van der Waals surface area (Å²) in [6.07, 6.45) is -0.204. The number of hydrogen-bond acceptors (Lipinski definition) is 3. The first-order valence-electron chi connectivity index (χ1n) is 6.35. The molecule has 1 N–H and O–H groups in total. The van der Waals surface area contributed by atoms with Crippen LogP contribution in [0.2, 0.25) is 0 Å². The average molecular weight is 296 g/mol. The van der Waals surface area contributed by atoms with Crippen molar-refractivity contribution in [3.63, 3.8) is 0 Å². The number of esters is 1. The van der Waals surface area contributed by atoms with Gasteiger partial charge in [0.25, 0.3) is 5.56 Å². The Kier molecular flexibility index (Phi) is 4.21. The van der Waals surface area contributed by atoms with Crippen LogP contribution < -0.4 is 5.56 Å². The average Bonchev–Trinajstić information content (AvgIpc) is 2.67. The SMILES string of the molecule is CCOC(=O)Cc1c(C)[nH]n(-c2ccc(F)cc2F)c1=O. The first-order chi connectivity index (χ1) is 9.93. The maximum atomic E-state index is 13.7. The lowest BCUT2D eigenvalue weighted by atomic mass is 10.2. The number of rotatable bonds is 4. The Balaban J connectivity index is 2.43. The predicted molar refractivity (Wildman–Crippen MR) is 71.4 cm³/mol. The highest BCUT2D eigenvalue weighted by atomic mass is 19.1. The van der Waals surface area contributed by atoms with E-state index in [0.717, 1.165) is 16.8 Å². The van der Waals surface area contributed by atoms with Crippen molar-refractivity contribution >= 4 is 5.97 Å². The summed E-state index contributed by atoms with van der Waals surface area (Å²) >= 11 is 0. The standard InChI is InChI=1S/C14H14F2N2O3/c1-3-21-13(19)7-10-8(2)17-18(14(10)20)12-5-4-9(15)6-11(12)16/h4-6,17H,3,7H2,1-2H3. The van der Waals surface area contributed by atoms with E-state index in [1.165, 1.54) is 0 Å². The number of carbonyl (C=O) groups is 1. The van der Waals surface area contributed by atoms with Crippen molar-refractivity contribution in [2.75, 3.05) is 6.61 Å². The summed E-state index contributed by atoms with van der Waals surface area (Å²) in [7, 11) is 0. The Hall–Kier alpha value is -2.44. The third-order valence-electron chi connectivity index (χ3n) is 2.97. The molecule has 0 aliphatic heterocycles. The van der Waals surface area contributed by atoms with Crippen LogP contribution in [0.3, 0.4) is 0 Å². The second-order valence-electron chi connectivity index (χ2n) is 4.43. The zero-order valence-electron chi connectivity index (χ0n) is 11.6. The molecular weight excluding hydrogens is 282 g/mol. The molecule has 0 amide bonds. The fraction of sp³-hybridized carbons (Fsp3) is 0.286. The largest absolute Gasteiger partial charge is 0.466 e. The monoisotopic (exact) mass is 296 g/mol. The van der Waals surface area contributed by atoms with Gasteiger partial charge in [-0.3, -0.25) is 14.7 Å². The first kappa shape index (κ1) is 15.0. The number of aryl methyl sites for hydroxylation is 1. The van der Waals surface area contributed by atoms with E-state index in [2.05, 4.69) is 5.10 Å². The Morgan fingerprint density at radius 2 is 2.10 bits per heavy atom. The number of aromatic amines is 1. The zero-order valence-corrected chi connectivity index (χ0v) is 11.6. The molecule has 0 atom stereocenters. The topological polar surface area (TPSA) is 64.1 Å². The summed E-state index contributed by atoms with van der Waals surface area (Å²) in [4.78, 5) is 23.7. The third-order valence-corrected chi connectivity index (χ3v) is 2.97. The molecule has 0 unspecified atom stereocenters. The van der Waals surface area contributed by atoms with Gasteiger partial charge in [-0.1, -0.05) is 0 Å². The van der Waals surface area contributed by atoms with Crippen LogP contribution in [0.15, 0.2) is 23.0 Å². The van der Waals surface area contributed by atoms with E-state index >= 15 is 0 Å². The van der Waals surface area contributed by atoms with Gasteiger partial charge in [0.05, 0.1) is 18.6 Å². The summed E-state index contributed by atoms with van der Waals surface area (Å²) < 4.78 is 32.4. The first-order valence-corrected chi connectivity index (χ1v) is 6.35. The quantitative estimate of drug-likeness (QED) is 0.876. The number of ether oxygens (including phenoxy) is 1. The maximum absolute atomic E-state index is 13.7. The summed E-state index contributed by atoms with van der Waals surface area (Å²) in [5.74, 6) is -2.15. The molecule has 0 bridgehead atoms. The summed E-state index contributed by atoms with van der Waals surface area (Å²) in [6, 6.07) is 2.88. The van der Waals surface area contributed by atoms with Crippen molar-refractivity contribution < 1.29 is 18.3 Å². The summed E-state index contributed by atoms with van der Waals surface area (Å²) in [5.41, 5.74) is -0.0559. The zero-order chi connectivity index (χ0) is 15.6. The predicted octanol–water partition coefficient (Wildman–Crippen LogP) is 1.86. The molecule has 0 spiro atoms. The van der Waals surface area contributed by atoms with Crippen molar-refractivity contribution in [1.29, 1.82) is 0 Å². The van der Waals surface area contributed by atoms with Gasteiger partial charge in [-0.25, -0.2) is 13.5 Å². The van der Waals surface area contributed by atoms with Crippen molar-refractivity contribution in [2.24, 2.45) is 0 Å². The van der Waals surface area contributed by atoms with Gasteiger partial charge >= 0.3 is 5.97 Å². The van der Waals surface area contributed by atoms with E-state index in [4.69, 9.17) is 4.74 Å². The second kappa shape index (κ2) is 5.90. The molecule has 0 aliphatic rings. The number of aromatic nitrogens is 2. The number of carbonyl (C=O) groups excluding carboxylic acids is 1. The molecule has 112 valence electrons. The van der Waals surface area contributed by atoms with Crippen LogP contribution >= 0.6 is 0 Å². The Bertz CT molecular complexity index is 734. The minimum absolute atomic E-state index is 0.111. The van der Waals surface area contributed by atoms with Crippen LogP contribution in [-0.4, -0.2) is 22.4 Å². The minimum Gasteiger partial charge on any atom is -0.466 e. The van der Waals surface area contributed by atoms with Crippen LogP contribution in [0.1, 0.15) is 18.2 Å². The number of nitrogens with zero attached hydrogens (tertiary/aromatic N) is 1. The van der Waals surface area contributed by atoms with Crippen molar-refractivity contribution in [2.45, 2.75) is 20.3 Å². The number of nitrogens with one attached hydrogen (secondary N) is 1. The molecule has 0 radical (unpaired) electrons. The van der Waals surface area contributed by atoms with E-state index in [9.17, 15) is 18.4 Å². The van der Waals surface area contributed by atoms with E-state index in [1.54, 1.807) is 13.8 Å².